The summed E-state index contributed by atoms with van der Waals surface area (Å²) in [6.45, 7) is 2.77. The molecule has 0 aliphatic heterocycles. The highest BCUT2D eigenvalue weighted by molar-refractivity contribution is 14.0. The van der Waals surface area contributed by atoms with Crippen molar-refractivity contribution < 1.29 is 9.18 Å². The zero-order valence-electron chi connectivity index (χ0n) is 15.2. The Bertz CT molecular complexity index is 801. The predicted molar refractivity (Wildman–Crippen MR) is 119 cm³/mol. The van der Waals surface area contributed by atoms with Crippen molar-refractivity contribution in [3.05, 3.63) is 64.4 Å². The maximum Gasteiger partial charge on any atom is 0.226 e. The van der Waals surface area contributed by atoms with Gasteiger partial charge < -0.3 is 16.0 Å². The Labute approximate surface area is 180 Å². The van der Waals surface area contributed by atoms with Crippen molar-refractivity contribution in [2.75, 3.05) is 18.9 Å². The fourth-order valence-corrected chi connectivity index (χ4v) is 2.56. The van der Waals surface area contributed by atoms with Gasteiger partial charge in [-0.2, -0.15) is 0 Å². The zero-order valence-corrected chi connectivity index (χ0v) is 18.3. The second kappa shape index (κ2) is 11.8. The molecule has 0 aliphatic rings. The molecule has 27 heavy (non-hydrogen) atoms. The molecule has 0 atom stereocenters. The van der Waals surface area contributed by atoms with E-state index in [-0.39, 0.29) is 42.1 Å². The number of nitrogens with one attached hydrogen (secondary N) is 3. The van der Waals surface area contributed by atoms with E-state index < -0.39 is 0 Å². The number of hydrogen-bond donors (Lipinski definition) is 3. The fourth-order valence-electron chi connectivity index (χ4n) is 2.28. The van der Waals surface area contributed by atoms with E-state index in [4.69, 9.17) is 11.6 Å². The standard InChI is InChI=1S/C19H22ClFN4O.HI/c1-13-6-7-17(16(20)10-13)25-18(26)8-9-23-19(22-2)24-12-14-4-3-5-15(21)11-14;/h3-7,10-11H,8-9,12H2,1-2H3,(H,25,26)(H2,22,23,24);1H. The Morgan fingerprint density at radius 3 is 2.63 bits per heavy atom. The molecule has 0 fully saturated rings. The molecule has 0 spiro atoms. The first-order valence-electron chi connectivity index (χ1n) is 8.23. The van der Waals surface area contributed by atoms with Gasteiger partial charge in [-0.1, -0.05) is 29.8 Å². The minimum Gasteiger partial charge on any atom is -0.356 e. The van der Waals surface area contributed by atoms with Crippen LogP contribution in [-0.4, -0.2) is 25.5 Å². The molecular formula is C19H23ClFIN4O. The van der Waals surface area contributed by atoms with Gasteiger partial charge >= 0.3 is 0 Å². The molecule has 0 heterocycles. The van der Waals surface area contributed by atoms with E-state index in [1.165, 1.54) is 12.1 Å². The molecule has 2 rings (SSSR count). The Kier molecular flexibility index (Phi) is 10.1. The molecule has 2 aromatic carbocycles. The van der Waals surface area contributed by atoms with E-state index in [2.05, 4.69) is 20.9 Å². The summed E-state index contributed by atoms with van der Waals surface area (Å²) in [5, 5.41) is 9.41. The van der Waals surface area contributed by atoms with Gasteiger partial charge in [0.05, 0.1) is 10.7 Å². The molecular weight excluding hydrogens is 482 g/mol. The minimum absolute atomic E-state index is 0. The van der Waals surface area contributed by atoms with Crippen molar-refractivity contribution in [3.8, 4) is 0 Å². The summed E-state index contributed by atoms with van der Waals surface area (Å²) in [6.07, 6.45) is 0.255. The summed E-state index contributed by atoms with van der Waals surface area (Å²) < 4.78 is 13.2. The summed E-state index contributed by atoms with van der Waals surface area (Å²) in [4.78, 5) is 16.1. The number of amides is 1. The lowest BCUT2D eigenvalue weighted by atomic mass is 10.2. The predicted octanol–water partition coefficient (Wildman–Crippen LogP) is 4.10. The van der Waals surface area contributed by atoms with Gasteiger partial charge in [0.2, 0.25) is 5.91 Å². The number of rotatable bonds is 6. The van der Waals surface area contributed by atoms with Crippen LogP contribution in [0, 0.1) is 12.7 Å². The number of benzene rings is 2. The highest BCUT2D eigenvalue weighted by Gasteiger charge is 2.07. The van der Waals surface area contributed by atoms with Crippen molar-refractivity contribution in [2.24, 2.45) is 4.99 Å². The lowest BCUT2D eigenvalue weighted by Crippen LogP contribution is -2.38. The molecule has 0 unspecified atom stereocenters. The van der Waals surface area contributed by atoms with Crippen LogP contribution >= 0.6 is 35.6 Å². The van der Waals surface area contributed by atoms with E-state index in [1.54, 1.807) is 25.2 Å². The topological polar surface area (TPSA) is 65.5 Å². The van der Waals surface area contributed by atoms with Crippen LogP contribution < -0.4 is 16.0 Å². The normalized spacial score (nSPS) is 10.7. The summed E-state index contributed by atoms with van der Waals surface area (Å²) >= 11 is 6.10. The van der Waals surface area contributed by atoms with Crippen LogP contribution in [0.2, 0.25) is 5.02 Å². The average Bonchev–Trinajstić information content (AvgIpc) is 2.60. The Morgan fingerprint density at radius 1 is 1.19 bits per heavy atom. The van der Waals surface area contributed by atoms with Crippen molar-refractivity contribution in [3.63, 3.8) is 0 Å². The second-order valence-corrected chi connectivity index (χ2v) is 6.17. The van der Waals surface area contributed by atoms with E-state index in [9.17, 15) is 9.18 Å². The van der Waals surface area contributed by atoms with Gasteiger partial charge in [0.15, 0.2) is 5.96 Å². The third-order valence-electron chi connectivity index (χ3n) is 3.62. The van der Waals surface area contributed by atoms with Crippen molar-refractivity contribution in [1.29, 1.82) is 0 Å². The third-order valence-corrected chi connectivity index (χ3v) is 3.93. The van der Waals surface area contributed by atoms with E-state index in [0.717, 1.165) is 11.1 Å². The molecule has 0 radical (unpaired) electrons. The van der Waals surface area contributed by atoms with Gasteiger partial charge in [-0.05, 0) is 42.3 Å². The first-order chi connectivity index (χ1) is 12.5. The summed E-state index contributed by atoms with van der Waals surface area (Å²) in [5.41, 5.74) is 2.43. The molecule has 2 aromatic rings. The molecule has 0 aliphatic carbocycles. The van der Waals surface area contributed by atoms with E-state index >= 15 is 0 Å². The number of halogens is 3. The number of nitrogens with zero attached hydrogens (tertiary/aromatic N) is 1. The lowest BCUT2D eigenvalue weighted by Gasteiger charge is -2.12. The Balaban J connectivity index is 0.00000364. The van der Waals surface area contributed by atoms with Crippen molar-refractivity contribution in [2.45, 2.75) is 19.9 Å². The molecule has 5 nitrogen and oxygen atoms in total. The average molecular weight is 505 g/mol. The summed E-state index contributed by atoms with van der Waals surface area (Å²) in [6, 6.07) is 11.8. The van der Waals surface area contributed by atoms with E-state index in [0.29, 0.717) is 29.8 Å². The van der Waals surface area contributed by atoms with Crippen LogP contribution in [0.3, 0.4) is 0 Å². The van der Waals surface area contributed by atoms with Gasteiger partial charge in [-0.3, -0.25) is 9.79 Å². The molecule has 0 bridgehead atoms. The summed E-state index contributed by atoms with van der Waals surface area (Å²) in [5.74, 6) is 0.109. The van der Waals surface area contributed by atoms with Crippen LogP contribution in [0.25, 0.3) is 0 Å². The number of aryl methyl sites for hydroxylation is 1. The van der Waals surface area contributed by atoms with Gasteiger partial charge in [-0.15, -0.1) is 24.0 Å². The molecule has 0 aromatic heterocycles. The number of aliphatic imine (C=N–C) groups is 1. The number of carbonyl (C=O) groups excluding carboxylic acids is 1. The van der Waals surface area contributed by atoms with Crippen LogP contribution in [0.15, 0.2) is 47.5 Å². The Morgan fingerprint density at radius 2 is 1.96 bits per heavy atom. The van der Waals surface area contributed by atoms with Gasteiger partial charge in [0.25, 0.3) is 0 Å². The molecule has 0 saturated heterocycles. The van der Waals surface area contributed by atoms with Gasteiger partial charge in [0, 0.05) is 26.6 Å². The maximum atomic E-state index is 13.2. The maximum absolute atomic E-state index is 13.2. The fraction of sp³-hybridized carbons (Fsp3) is 0.263. The first-order valence-corrected chi connectivity index (χ1v) is 8.60. The first kappa shape index (κ1) is 23.2. The second-order valence-electron chi connectivity index (χ2n) is 5.76. The summed E-state index contributed by atoms with van der Waals surface area (Å²) in [7, 11) is 1.63. The number of hydrogen-bond acceptors (Lipinski definition) is 2. The Hall–Kier alpha value is -1.87. The molecule has 3 N–H and O–H groups in total. The smallest absolute Gasteiger partial charge is 0.226 e. The largest absolute Gasteiger partial charge is 0.356 e. The molecule has 1 amide bonds. The minimum atomic E-state index is -0.279. The number of carbonyl (C=O) groups is 1. The molecule has 146 valence electrons. The van der Waals surface area contributed by atoms with Crippen molar-refractivity contribution >= 4 is 53.1 Å². The van der Waals surface area contributed by atoms with Crippen LogP contribution in [0.5, 0.6) is 0 Å². The zero-order chi connectivity index (χ0) is 18.9. The lowest BCUT2D eigenvalue weighted by molar-refractivity contribution is -0.116. The number of anilines is 1. The monoisotopic (exact) mass is 504 g/mol. The van der Waals surface area contributed by atoms with Crippen LogP contribution in [0.1, 0.15) is 17.5 Å². The molecule has 0 saturated carbocycles. The third kappa shape index (κ3) is 8.13. The quantitative estimate of drug-likeness (QED) is 0.315. The number of guanidine groups is 1. The highest BCUT2D eigenvalue weighted by Crippen LogP contribution is 2.22. The van der Waals surface area contributed by atoms with Gasteiger partial charge in [-0.25, -0.2) is 4.39 Å². The molecule has 8 heteroatoms. The van der Waals surface area contributed by atoms with Crippen LogP contribution in [-0.2, 0) is 11.3 Å². The highest BCUT2D eigenvalue weighted by atomic mass is 127. The van der Waals surface area contributed by atoms with Crippen molar-refractivity contribution in [1.82, 2.24) is 10.6 Å². The van der Waals surface area contributed by atoms with E-state index in [1.807, 2.05) is 19.1 Å². The van der Waals surface area contributed by atoms with Gasteiger partial charge in [0.1, 0.15) is 5.82 Å². The van der Waals surface area contributed by atoms with Crippen LogP contribution in [0.4, 0.5) is 10.1 Å². The SMILES string of the molecule is CN=C(NCCC(=O)Nc1ccc(C)cc1Cl)NCc1cccc(F)c1.I.